The van der Waals surface area contributed by atoms with Crippen molar-refractivity contribution in [3.05, 3.63) is 19.6 Å². The molecule has 0 unspecified atom stereocenters. The van der Waals surface area contributed by atoms with E-state index in [4.69, 9.17) is 21.0 Å². The molecule has 0 saturated carbocycles. The van der Waals surface area contributed by atoms with E-state index in [9.17, 15) is 9.59 Å². The molecule has 1 aliphatic rings. The van der Waals surface area contributed by atoms with Crippen LogP contribution in [0.1, 0.15) is 0 Å². The molecule has 0 fully saturated rings. The Morgan fingerprint density at radius 1 is 0.550 bits per heavy atom. The Morgan fingerprint density at radius 3 is 0.900 bits per heavy atom. The Hall–Kier alpha value is -1.82. The summed E-state index contributed by atoms with van der Waals surface area (Å²) in [4.78, 5) is 23.6. The number of rotatable bonds is 4. The summed E-state index contributed by atoms with van der Waals surface area (Å²) < 4.78 is 0. The van der Waals surface area contributed by atoms with Gasteiger partial charge < -0.3 is 0 Å². The SMILES string of the molecule is N#CSC1=C(SC#N)C(=O)C(SC#N)=C(SC#N)C1=O. The normalized spacial score (nSPS) is 14.4. The van der Waals surface area contributed by atoms with Crippen molar-refractivity contribution in [2.45, 2.75) is 0 Å². The Bertz CT molecular complexity index is 594. The van der Waals surface area contributed by atoms with Crippen molar-refractivity contribution >= 4 is 58.6 Å². The molecule has 0 aromatic heterocycles. The smallest absolute Gasteiger partial charge is 0.210 e. The quantitative estimate of drug-likeness (QED) is 0.557. The lowest BCUT2D eigenvalue weighted by atomic mass is 10.1. The lowest BCUT2D eigenvalue weighted by Crippen LogP contribution is -2.18. The zero-order valence-electron chi connectivity index (χ0n) is 9.24. The van der Waals surface area contributed by atoms with Gasteiger partial charge in [0.05, 0.1) is 19.6 Å². The highest BCUT2D eigenvalue weighted by Crippen LogP contribution is 2.43. The number of thioether (sulfide) groups is 4. The van der Waals surface area contributed by atoms with Crippen LogP contribution in [0.25, 0.3) is 0 Å². The molecule has 20 heavy (non-hydrogen) atoms. The van der Waals surface area contributed by atoms with Crippen molar-refractivity contribution < 1.29 is 9.59 Å². The van der Waals surface area contributed by atoms with Crippen LogP contribution in [0.4, 0.5) is 0 Å². The van der Waals surface area contributed by atoms with Crippen molar-refractivity contribution in [2.24, 2.45) is 0 Å². The van der Waals surface area contributed by atoms with Gasteiger partial charge in [-0.15, -0.1) is 0 Å². The number of thiocyanates is 4. The molecule has 6 nitrogen and oxygen atoms in total. The van der Waals surface area contributed by atoms with Crippen LogP contribution in [-0.4, -0.2) is 11.6 Å². The number of Topliss-reactive ketones (excluding diaryl/α,β-unsaturated/α-hetero) is 2. The van der Waals surface area contributed by atoms with Gasteiger partial charge in [-0.1, -0.05) is 0 Å². The van der Waals surface area contributed by atoms with E-state index in [2.05, 4.69) is 0 Å². The van der Waals surface area contributed by atoms with Crippen LogP contribution in [0.15, 0.2) is 19.6 Å². The third-order valence-electron chi connectivity index (χ3n) is 1.83. The van der Waals surface area contributed by atoms with E-state index >= 15 is 0 Å². The van der Waals surface area contributed by atoms with E-state index in [1.165, 1.54) is 0 Å². The number of allylic oxidation sites excluding steroid dienone is 4. The Balaban J connectivity index is 3.48. The number of carbonyl (C=O) groups is 2. The monoisotopic (exact) mass is 336 g/mol. The molecule has 0 aromatic rings. The average Bonchev–Trinajstić information content (AvgIpc) is 2.44. The van der Waals surface area contributed by atoms with Crippen LogP contribution in [0.2, 0.25) is 0 Å². The highest BCUT2D eigenvalue weighted by atomic mass is 32.2. The number of hydrogen-bond acceptors (Lipinski definition) is 10. The number of ketones is 2. The summed E-state index contributed by atoms with van der Waals surface area (Å²) in [7, 11) is 0. The van der Waals surface area contributed by atoms with E-state index in [0.717, 1.165) is 0 Å². The number of hydrogen-bond donors (Lipinski definition) is 0. The van der Waals surface area contributed by atoms with E-state index in [1.54, 1.807) is 21.6 Å². The van der Waals surface area contributed by atoms with Gasteiger partial charge in [-0.3, -0.25) is 9.59 Å². The first-order chi connectivity index (χ1) is 9.62. The summed E-state index contributed by atoms with van der Waals surface area (Å²) in [6.07, 6.45) is 0. The summed E-state index contributed by atoms with van der Waals surface area (Å²) >= 11 is 1.82. The highest BCUT2D eigenvalue weighted by molar-refractivity contribution is 8.14. The molecule has 0 heterocycles. The van der Waals surface area contributed by atoms with Gasteiger partial charge in [0.1, 0.15) is 21.6 Å². The molecular weight excluding hydrogens is 336 g/mol. The van der Waals surface area contributed by atoms with Crippen LogP contribution >= 0.6 is 47.0 Å². The summed E-state index contributed by atoms with van der Waals surface area (Å²) in [5, 5.41) is 41.3. The molecule has 0 radical (unpaired) electrons. The molecule has 96 valence electrons. The van der Waals surface area contributed by atoms with Gasteiger partial charge in [0, 0.05) is 0 Å². The summed E-state index contributed by atoms with van der Waals surface area (Å²) in [5.74, 6) is -1.39. The van der Waals surface area contributed by atoms with Gasteiger partial charge in [-0.05, 0) is 47.0 Å². The van der Waals surface area contributed by atoms with Crippen LogP contribution in [-0.2, 0) is 9.59 Å². The molecule has 10 heteroatoms. The van der Waals surface area contributed by atoms with Crippen molar-refractivity contribution in [1.29, 1.82) is 21.0 Å². The second-order valence-corrected chi connectivity index (χ2v) is 5.93. The zero-order chi connectivity index (χ0) is 15.1. The van der Waals surface area contributed by atoms with E-state index < -0.39 is 11.6 Å². The number of carbonyl (C=O) groups excluding carboxylic acids is 2. The Labute approximate surface area is 130 Å². The fraction of sp³-hybridized carbons (Fsp3) is 0. The molecule has 0 spiro atoms. The number of nitriles is 4. The lowest BCUT2D eigenvalue weighted by Gasteiger charge is -2.16. The van der Waals surface area contributed by atoms with Gasteiger partial charge in [0.15, 0.2) is 0 Å². The molecule has 0 atom stereocenters. The van der Waals surface area contributed by atoms with Crippen LogP contribution < -0.4 is 0 Å². The molecule has 0 bridgehead atoms. The van der Waals surface area contributed by atoms with E-state index in [-0.39, 0.29) is 19.6 Å². The van der Waals surface area contributed by atoms with Gasteiger partial charge in [-0.2, -0.15) is 21.0 Å². The predicted molar refractivity (Wildman–Crippen MR) is 76.9 cm³/mol. The lowest BCUT2D eigenvalue weighted by molar-refractivity contribution is -0.114. The number of nitrogens with zero attached hydrogens (tertiary/aromatic N) is 4. The topological polar surface area (TPSA) is 129 Å². The van der Waals surface area contributed by atoms with Crippen molar-refractivity contribution in [3.8, 4) is 21.6 Å². The molecular formula is C10N4O2S4. The third kappa shape index (κ3) is 3.19. The maximum atomic E-state index is 12.2. The predicted octanol–water partition coefficient (Wildman–Crippen LogP) is 2.42. The van der Waals surface area contributed by atoms with E-state index in [0.29, 0.717) is 47.0 Å². The summed E-state index contributed by atoms with van der Waals surface area (Å²) in [5.41, 5.74) is 0. The van der Waals surface area contributed by atoms with Gasteiger partial charge in [0.2, 0.25) is 11.6 Å². The van der Waals surface area contributed by atoms with Crippen molar-refractivity contribution in [3.63, 3.8) is 0 Å². The maximum Gasteiger partial charge on any atom is 0.210 e. The molecule has 1 rings (SSSR count). The molecule has 1 aliphatic carbocycles. The van der Waals surface area contributed by atoms with E-state index in [1.807, 2.05) is 0 Å². The van der Waals surface area contributed by atoms with Crippen molar-refractivity contribution in [2.75, 3.05) is 0 Å². The second kappa shape index (κ2) is 7.69. The van der Waals surface area contributed by atoms with Gasteiger partial charge in [0.25, 0.3) is 0 Å². The maximum absolute atomic E-state index is 12.2. The minimum atomic E-state index is -0.696. The Kier molecular flexibility index (Phi) is 6.24. The minimum absolute atomic E-state index is 0.191. The van der Waals surface area contributed by atoms with Gasteiger partial charge >= 0.3 is 0 Å². The van der Waals surface area contributed by atoms with Crippen LogP contribution in [0, 0.1) is 42.7 Å². The minimum Gasteiger partial charge on any atom is -0.287 e. The summed E-state index contributed by atoms with van der Waals surface area (Å²) in [6, 6.07) is 0. The first-order valence-corrected chi connectivity index (χ1v) is 7.70. The third-order valence-corrected chi connectivity index (χ3v) is 4.83. The van der Waals surface area contributed by atoms with Gasteiger partial charge in [-0.25, -0.2) is 0 Å². The fourth-order valence-electron chi connectivity index (χ4n) is 1.17. The zero-order valence-corrected chi connectivity index (χ0v) is 12.5. The standard InChI is InChI=1S/C10N4O2S4/c11-1-17-7-5(15)9(19-3-13)10(20-4-14)6(16)8(7)18-2-12. The Morgan fingerprint density at radius 2 is 0.750 bits per heavy atom. The van der Waals surface area contributed by atoms with Crippen LogP contribution in [0.3, 0.4) is 0 Å². The molecule has 0 amide bonds. The molecule has 0 N–H and O–H groups in total. The molecule has 0 saturated heterocycles. The summed E-state index contributed by atoms with van der Waals surface area (Å²) in [6.45, 7) is 0. The molecule has 0 aromatic carbocycles. The van der Waals surface area contributed by atoms with Crippen molar-refractivity contribution in [1.82, 2.24) is 0 Å². The molecule has 0 aliphatic heterocycles. The largest absolute Gasteiger partial charge is 0.287 e. The fourth-order valence-corrected chi connectivity index (χ4v) is 3.69. The first kappa shape index (κ1) is 16.2. The second-order valence-electron chi connectivity index (χ2n) is 2.75. The average molecular weight is 336 g/mol. The van der Waals surface area contributed by atoms with Crippen LogP contribution in [0.5, 0.6) is 0 Å². The highest BCUT2D eigenvalue weighted by Gasteiger charge is 2.36. The first-order valence-electron chi connectivity index (χ1n) is 4.44.